The molecule has 6 radical (unpaired) electrons. The average molecular weight is 3290 g/mol. The molecule has 0 spiro atoms. The quantitative estimate of drug-likeness (QED) is 0.0361. The number of pyridine rings is 4. The molecule has 9 aromatic heterocycles. The van der Waals surface area contributed by atoms with Crippen molar-refractivity contribution in [2.24, 2.45) is 0 Å². The standard InChI is InChI=1S/C18H13N2O2S.C17H10NS.C17H12N.C13H8NO.C12H7F3N.C11H8N.C9H6NS.4C5H8O2.6Ir.Pt/c1-20(2)12-8-7-11-9-13(18(21)22-15(11)10-12)17-19-14-5-3-4-6-16(14)23-17;1-2-8-13-12(6-1)7-5-9-14(13)17-18-15-10-3-4-11-16(15)19-17;1-2-7-14(8-3-1)15-9-6-10-16(13-15)17-11-4-5-12-18-17;1-2-6-10(7-3-1)13-14-11-8-4-5-9-12(11)15-13;13-12(14,15)10-6-4-9(5-7-10)11-3-1-2-8-16-11;1-2-6-10(7-3-1)11-8-4-5-9-12-11;1-2-6-10-8(4-1)9-5-3-7-11-9;4*1-4(6)3-5(2)7;;;;;;;/h3-8,10H,1-2H3;1-8,10-11H;1-9,11-13H;1-6,8-9H;1-4,6-8H;1-6,8-9H;1-4,6-7H;4*3,6H,1-2H3;;;;;;;/q7*-1;;;;;;;;;;;. The van der Waals surface area contributed by atoms with Crippen LogP contribution in [0.4, 0.5) is 18.9 Å². The summed E-state index contributed by atoms with van der Waals surface area (Å²) < 4.78 is 50.2. The summed E-state index contributed by atoms with van der Waals surface area (Å²) in [6, 6.07) is 124. The first-order chi connectivity index (χ1) is 68.4. The molecular formula is C117H96F3Ir6N8O11PtS3-7. The number of fused-ring (bicyclic) bond motifs is 5. The number of carbonyl (C=O) groups excluding carboxylic acids is 4. The fourth-order valence-corrected chi connectivity index (χ4v) is 15.2. The third-order valence-electron chi connectivity index (χ3n) is 18.7. The van der Waals surface area contributed by atoms with E-state index in [9.17, 15) is 37.1 Å². The number of thiazole rings is 2. The Morgan fingerprint density at radius 2 is 0.826 bits per heavy atom. The minimum absolute atomic E-state index is 0. The van der Waals surface area contributed by atoms with Gasteiger partial charge in [0.1, 0.15) is 11.5 Å². The summed E-state index contributed by atoms with van der Waals surface area (Å²) in [5.41, 5.74) is 14.9. The second-order valence-corrected chi connectivity index (χ2v) is 33.6. The van der Waals surface area contributed by atoms with E-state index in [1.54, 1.807) is 65.7 Å². The summed E-state index contributed by atoms with van der Waals surface area (Å²) >= 11 is 4.85. The van der Waals surface area contributed by atoms with Gasteiger partial charge >= 0.3 is 6.18 Å². The Morgan fingerprint density at radius 1 is 0.383 bits per heavy atom. The number of alkyl halides is 3. The molecule has 0 bridgehead atoms. The van der Waals surface area contributed by atoms with Gasteiger partial charge in [-0.05, 0) is 162 Å². The van der Waals surface area contributed by atoms with Gasteiger partial charge in [-0.15, -0.1) is 178 Å². The van der Waals surface area contributed by atoms with E-state index >= 15 is 0 Å². The molecule has 0 aliphatic rings. The number of aliphatic hydroxyl groups is 4. The maximum absolute atomic E-state index is 12.3. The number of hydrogen-bond donors (Lipinski definition) is 4. The van der Waals surface area contributed by atoms with Gasteiger partial charge < -0.3 is 54.1 Å². The van der Waals surface area contributed by atoms with Crippen molar-refractivity contribution in [3.63, 3.8) is 0 Å². The Bertz CT molecular complexity index is 7320. The number of thiophene rings is 1. The van der Waals surface area contributed by atoms with Crippen molar-refractivity contribution in [3.8, 4) is 88.1 Å². The Kier molecular flexibility index (Phi) is 60.4. The van der Waals surface area contributed by atoms with Gasteiger partial charge in [-0.2, -0.15) is 48.0 Å². The number of anilines is 1. The number of aromatic nitrogens is 7. The van der Waals surface area contributed by atoms with Gasteiger partial charge in [0.25, 0.3) is 5.63 Å². The minimum atomic E-state index is -4.32. The van der Waals surface area contributed by atoms with E-state index in [1.165, 1.54) is 124 Å². The van der Waals surface area contributed by atoms with Crippen molar-refractivity contribution in [2.75, 3.05) is 19.0 Å². The summed E-state index contributed by atoms with van der Waals surface area (Å²) in [5, 5.41) is 40.3. The molecule has 0 amide bonds. The molecule has 9 heterocycles. The van der Waals surface area contributed by atoms with E-state index in [1.807, 2.05) is 237 Å². The summed E-state index contributed by atoms with van der Waals surface area (Å²) in [5.74, 6) is 0.372. The fraction of sp³-hybridized carbons (Fsp3) is 0.0940. The second-order valence-electron chi connectivity index (χ2n) is 30.6. The van der Waals surface area contributed by atoms with Crippen molar-refractivity contribution in [2.45, 2.75) is 61.6 Å². The van der Waals surface area contributed by atoms with E-state index in [0.717, 1.165) is 99.3 Å². The van der Waals surface area contributed by atoms with E-state index in [0.29, 0.717) is 33.3 Å². The number of carbonyl (C=O) groups is 4. The van der Waals surface area contributed by atoms with Crippen molar-refractivity contribution in [3.05, 3.63) is 457 Å². The summed E-state index contributed by atoms with van der Waals surface area (Å²) in [6.45, 7) is 11.4. The molecule has 0 aliphatic carbocycles. The predicted octanol–water partition coefficient (Wildman–Crippen LogP) is 29.2. The zero-order valence-electron chi connectivity index (χ0n) is 81.2. The molecule has 0 aliphatic heterocycles. The summed E-state index contributed by atoms with van der Waals surface area (Å²) in [6.07, 6.45) is 7.32. The molecule has 0 saturated carbocycles. The second kappa shape index (κ2) is 68.9. The van der Waals surface area contributed by atoms with E-state index < -0.39 is 17.4 Å². The number of oxazole rings is 1. The normalized spacial score (nSPS) is 10.3. The monoisotopic (exact) mass is 3290 g/mol. The zero-order valence-corrected chi connectivity index (χ0v) is 100. The van der Waals surface area contributed by atoms with Crippen LogP contribution in [0, 0.1) is 42.5 Å². The van der Waals surface area contributed by atoms with Gasteiger partial charge in [-0.25, -0.2) is 11.3 Å². The van der Waals surface area contributed by atoms with E-state index in [-0.39, 0.29) is 188 Å². The molecule has 780 valence electrons. The number of nitrogens with zero attached hydrogens (tertiary/aromatic N) is 8. The largest absolute Gasteiger partial charge is 0.512 e. The van der Waals surface area contributed by atoms with Crippen molar-refractivity contribution < 1.29 is 203 Å². The molecule has 11 aromatic carbocycles. The first kappa shape index (κ1) is 131. The van der Waals surface area contributed by atoms with Crippen LogP contribution in [0.5, 0.6) is 0 Å². The Balaban J connectivity index is 0.000000428. The number of hydrogen-bond acceptors (Lipinski definition) is 22. The number of benzene rings is 11. The van der Waals surface area contributed by atoms with Crippen LogP contribution >= 0.6 is 34.0 Å². The fourth-order valence-electron chi connectivity index (χ4n) is 12.6. The van der Waals surface area contributed by atoms with Crippen molar-refractivity contribution in [1.29, 1.82) is 0 Å². The van der Waals surface area contributed by atoms with Crippen molar-refractivity contribution in [1.82, 2.24) is 34.9 Å². The smallest absolute Gasteiger partial charge is 0.381 e. The van der Waals surface area contributed by atoms with Gasteiger partial charge in [-0.1, -0.05) is 167 Å². The number of aliphatic hydroxyl groups excluding tert-OH is 4. The van der Waals surface area contributed by atoms with Gasteiger partial charge in [0.05, 0.1) is 50.2 Å². The number of halogens is 3. The minimum Gasteiger partial charge on any atom is -0.512 e. The van der Waals surface area contributed by atoms with E-state index in [2.05, 4.69) is 145 Å². The SMILES string of the molecule is CC(=O)C=C(C)O.CC(=O)C=C(C)O.CC(=O)C=C(C)O.CC(=O)C=C(C)O.CN(C)c1ccc2[c-]c(-c3nc4ccccc4s3)c(=O)oc2c1.FC(F)(F)c1c[c-]c(-c2ccccn2)cc1.[Ir].[Ir].[Ir].[Ir].[Ir].[Ir].[Pt].[c-]1ccc(-c2ccccc2)cc1-c1ccccn1.[c-]1ccc2ccccc2c1-c1nc2ccccc2s1.[c-]1ccccc1-c1ccccn1.[c-]1ccccc1-c1nc2ccccc2o1.[c-]1ccsc1-c1ccccn1. The molecule has 149 heavy (non-hydrogen) atoms. The van der Waals surface area contributed by atoms with Crippen LogP contribution in [0.1, 0.15) is 61.0 Å². The third kappa shape index (κ3) is 45.0. The number of para-hydroxylation sites is 4. The molecular weight excluding hydrogens is 3190 g/mol. The molecule has 0 unspecified atom stereocenters. The predicted molar refractivity (Wildman–Crippen MR) is 565 cm³/mol. The van der Waals surface area contributed by atoms with Crippen LogP contribution in [-0.2, 0) is 167 Å². The molecule has 20 aromatic rings. The molecule has 20 rings (SSSR count). The first-order valence-electron chi connectivity index (χ1n) is 43.8. The molecule has 0 fully saturated rings. The molecule has 4 N–H and O–H groups in total. The summed E-state index contributed by atoms with van der Waals surface area (Å²) in [7, 11) is 3.89. The first-order valence-corrected chi connectivity index (χ1v) is 46.3. The molecule has 0 saturated heterocycles. The van der Waals surface area contributed by atoms with Crippen LogP contribution in [0.3, 0.4) is 0 Å². The third-order valence-corrected chi connectivity index (χ3v) is 21.7. The maximum atomic E-state index is 12.3. The Morgan fingerprint density at radius 3 is 1.27 bits per heavy atom. The number of rotatable bonds is 13. The van der Waals surface area contributed by atoms with Crippen LogP contribution < -0.4 is 10.5 Å². The van der Waals surface area contributed by atoms with Gasteiger partial charge in [0.2, 0.25) is 0 Å². The van der Waals surface area contributed by atoms with Crippen LogP contribution in [0.15, 0.2) is 413 Å². The van der Waals surface area contributed by atoms with E-state index in [4.69, 9.17) is 34.2 Å². The van der Waals surface area contributed by atoms with Crippen LogP contribution in [-0.4, -0.2) is 92.5 Å². The Labute approximate surface area is 970 Å². The van der Waals surface area contributed by atoms with Crippen LogP contribution in [0.25, 0.3) is 141 Å². The molecule has 0 atom stereocenters. The van der Waals surface area contributed by atoms with Crippen LogP contribution in [0.2, 0.25) is 0 Å². The number of allylic oxidation sites excluding steroid dienone is 8. The zero-order chi connectivity index (χ0) is 102. The topological polar surface area (TPSA) is 286 Å². The van der Waals surface area contributed by atoms with Crippen molar-refractivity contribution >= 4 is 116 Å². The van der Waals surface area contributed by atoms with Gasteiger partial charge in [0, 0.05) is 225 Å². The molecule has 32 heteroatoms. The summed E-state index contributed by atoms with van der Waals surface area (Å²) in [4.78, 5) is 85.9. The maximum Gasteiger partial charge on any atom is 0.381 e. The van der Waals surface area contributed by atoms with Gasteiger partial charge in [0.15, 0.2) is 23.1 Å². The molecule has 19 nitrogen and oxygen atoms in total. The Hall–Kier alpha value is -12.5. The number of ketones is 4. The average Bonchev–Trinajstić information content (AvgIpc) is 1.71. The van der Waals surface area contributed by atoms with Gasteiger partial charge in [-0.3, -0.25) is 38.9 Å².